The van der Waals surface area contributed by atoms with Crippen LogP contribution in [0.2, 0.25) is 10.0 Å². The first-order chi connectivity index (χ1) is 9.61. The van der Waals surface area contributed by atoms with Crippen LogP contribution >= 0.6 is 23.2 Å². The van der Waals surface area contributed by atoms with E-state index < -0.39 is 0 Å². The van der Waals surface area contributed by atoms with Crippen molar-refractivity contribution in [1.82, 2.24) is 0 Å². The normalized spacial score (nSPS) is 40.0. The molecule has 4 saturated carbocycles. The van der Waals surface area contributed by atoms with Gasteiger partial charge in [0.15, 0.2) is 0 Å². The van der Waals surface area contributed by atoms with E-state index in [4.69, 9.17) is 23.2 Å². The third kappa shape index (κ3) is 2.10. The van der Waals surface area contributed by atoms with Crippen LogP contribution in [-0.4, -0.2) is 5.11 Å². The van der Waals surface area contributed by atoms with Gasteiger partial charge in [0.2, 0.25) is 0 Å². The van der Waals surface area contributed by atoms with Gasteiger partial charge in [-0.3, -0.25) is 0 Å². The number of hydrogen-bond acceptors (Lipinski definition) is 1. The van der Waals surface area contributed by atoms with Crippen molar-refractivity contribution in [3.63, 3.8) is 0 Å². The minimum absolute atomic E-state index is 0.375. The van der Waals surface area contributed by atoms with E-state index in [-0.39, 0.29) is 6.10 Å². The summed E-state index contributed by atoms with van der Waals surface area (Å²) in [5.41, 5.74) is 0.942. The summed E-state index contributed by atoms with van der Waals surface area (Å²) in [5.74, 6) is 3.75. The summed E-state index contributed by atoms with van der Waals surface area (Å²) in [6, 6.07) is 5.59. The van der Waals surface area contributed by atoms with Crippen LogP contribution in [0.5, 0.6) is 0 Å². The Bertz CT molecular complexity index is 500. The number of rotatable bonds is 2. The third-order valence-corrected chi connectivity index (χ3v) is 6.69. The van der Waals surface area contributed by atoms with Crippen LogP contribution < -0.4 is 0 Å². The van der Waals surface area contributed by atoms with Gasteiger partial charge in [-0.25, -0.2) is 0 Å². The highest BCUT2D eigenvalue weighted by Gasteiger charge is 2.50. The summed E-state index contributed by atoms with van der Waals surface area (Å²) in [5, 5.41) is 12.0. The fourth-order valence-corrected chi connectivity index (χ4v) is 5.71. The Hall–Kier alpha value is -0.240. The molecule has 1 atom stereocenters. The Balaban J connectivity index is 1.62. The van der Waals surface area contributed by atoms with Crippen molar-refractivity contribution in [2.45, 2.75) is 38.2 Å². The largest absolute Gasteiger partial charge is 0.388 e. The zero-order valence-electron chi connectivity index (χ0n) is 11.4. The first-order valence-corrected chi connectivity index (χ1v) is 8.50. The van der Waals surface area contributed by atoms with E-state index in [0.717, 1.165) is 29.2 Å². The lowest BCUT2D eigenvalue weighted by atomic mass is 9.50. The maximum atomic E-state index is 10.9. The molecule has 1 aromatic carbocycles. The third-order valence-electron chi connectivity index (χ3n) is 5.95. The standard InChI is InChI=1S/C17H20Cl2O/c18-14-2-1-11(8-15(14)19)17(20)16-12-4-9-3-10(6-12)7-13(16)5-9/h1-2,8-10,12-13,16-17,20H,3-7H2. The molecule has 0 heterocycles. The van der Waals surface area contributed by atoms with Gasteiger partial charge in [-0.15, -0.1) is 0 Å². The highest BCUT2D eigenvalue weighted by Crippen LogP contribution is 2.59. The Morgan fingerprint density at radius 2 is 1.50 bits per heavy atom. The minimum atomic E-state index is -0.375. The second-order valence-electron chi connectivity index (χ2n) is 7.13. The van der Waals surface area contributed by atoms with Gasteiger partial charge in [-0.2, -0.15) is 0 Å². The maximum absolute atomic E-state index is 10.9. The summed E-state index contributed by atoms with van der Waals surface area (Å²) in [7, 11) is 0. The molecule has 1 nitrogen and oxygen atoms in total. The van der Waals surface area contributed by atoms with Gasteiger partial charge in [0, 0.05) is 0 Å². The van der Waals surface area contributed by atoms with Crippen LogP contribution in [0.3, 0.4) is 0 Å². The van der Waals surface area contributed by atoms with E-state index in [1.165, 1.54) is 32.1 Å². The van der Waals surface area contributed by atoms with Gasteiger partial charge in [-0.1, -0.05) is 29.3 Å². The van der Waals surface area contributed by atoms with E-state index in [2.05, 4.69) is 0 Å². The van der Waals surface area contributed by atoms with E-state index in [0.29, 0.717) is 16.0 Å². The molecule has 20 heavy (non-hydrogen) atoms. The average molecular weight is 311 g/mol. The van der Waals surface area contributed by atoms with Crippen molar-refractivity contribution in [3.8, 4) is 0 Å². The smallest absolute Gasteiger partial charge is 0.0824 e. The van der Waals surface area contributed by atoms with Gasteiger partial charge in [0.1, 0.15) is 0 Å². The fourth-order valence-electron chi connectivity index (χ4n) is 5.40. The summed E-state index contributed by atoms with van der Waals surface area (Å²) < 4.78 is 0. The van der Waals surface area contributed by atoms with Crippen LogP contribution in [0, 0.1) is 29.6 Å². The van der Waals surface area contributed by atoms with Crippen molar-refractivity contribution < 1.29 is 5.11 Å². The number of aliphatic hydroxyl groups excluding tert-OH is 1. The van der Waals surface area contributed by atoms with Crippen molar-refractivity contribution in [1.29, 1.82) is 0 Å². The van der Waals surface area contributed by atoms with Gasteiger partial charge >= 0.3 is 0 Å². The topological polar surface area (TPSA) is 20.2 Å². The molecule has 4 aliphatic rings. The molecule has 1 aromatic rings. The minimum Gasteiger partial charge on any atom is -0.388 e. The first kappa shape index (κ1) is 13.4. The fraction of sp³-hybridized carbons (Fsp3) is 0.647. The molecule has 5 rings (SSSR count). The molecule has 0 aliphatic heterocycles. The van der Waals surface area contributed by atoms with Crippen molar-refractivity contribution in [2.75, 3.05) is 0 Å². The van der Waals surface area contributed by atoms with Gasteiger partial charge < -0.3 is 5.11 Å². The summed E-state index contributed by atoms with van der Waals surface area (Å²) >= 11 is 12.1. The molecule has 4 bridgehead atoms. The average Bonchev–Trinajstić information content (AvgIpc) is 2.40. The van der Waals surface area contributed by atoms with Crippen molar-refractivity contribution in [2.24, 2.45) is 29.6 Å². The number of hydrogen-bond donors (Lipinski definition) is 1. The van der Waals surface area contributed by atoms with Crippen LogP contribution in [0.15, 0.2) is 18.2 Å². The van der Waals surface area contributed by atoms with E-state index in [9.17, 15) is 5.11 Å². The monoisotopic (exact) mass is 310 g/mol. The Labute approximate surface area is 130 Å². The molecule has 0 spiro atoms. The lowest BCUT2D eigenvalue weighted by molar-refractivity contribution is -0.0908. The van der Waals surface area contributed by atoms with Crippen LogP contribution in [0.4, 0.5) is 0 Å². The summed E-state index contributed by atoms with van der Waals surface area (Å²) in [6.45, 7) is 0. The van der Waals surface area contributed by atoms with Crippen molar-refractivity contribution >= 4 is 23.2 Å². The predicted molar refractivity (Wildman–Crippen MR) is 82.0 cm³/mol. The van der Waals surface area contributed by atoms with E-state index in [1.807, 2.05) is 12.1 Å². The Morgan fingerprint density at radius 1 is 0.900 bits per heavy atom. The highest BCUT2D eigenvalue weighted by molar-refractivity contribution is 6.42. The Morgan fingerprint density at radius 3 is 2.05 bits per heavy atom. The SMILES string of the molecule is OC(c1ccc(Cl)c(Cl)c1)C1C2CC3CC(C2)CC1C3. The number of aliphatic hydroxyl groups is 1. The number of benzene rings is 1. The van der Waals surface area contributed by atoms with Gasteiger partial charge in [0.05, 0.1) is 16.1 Å². The molecular formula is C17H20Cl2O. The zero-order valence-corrected chi connectivity index (χ0v) is 12.9. The molecule has 0 saturated heterocycles. The van der Waals surface area contributed by atoms with Crippen LogP contribution in [0.25, 0.3) is 0 Å². The lowest BCUT2D eigenvalue weighted by Crippen LogP contribution is -2.47. The van der Waals surface area contributed by atoms with Crippen molar-refractivity contribution in [3.05, 3.63) is 33.8 Å². The highest BCUT2D eigenvalue weighted by atomic mass is 35.5. The number of halogens is 2. The zero-order chi connectivity index (χ0) is 13.9. The molecule has 1 unspecified atom stereocenters. The van der Waals surface area contributed by atoms with E-state index in [1.54, 1.807) is 6.07 Å². The predicted octanol–water partition coefficient (Wildman–Crippen LogP) is 5.10. The molecule has 0 aromatic heterocycles. The Kier molecular flexibility index (Phi) is 3.29. The van der Waals surface area contributed by atoms with E-state index >= 15 is 0 Å². The van der Waals surface area contributed by atoms with Crippen LogP contribution in [-0.2, 0) is 0 Å². The quantitative estimate of drug-likeness (QED) is 0.805. The molecule has 0 radical (unpaired) electrons. The molecule has 4 aliphatic carbocycles. The van der Waals surface area contributed by atoms with Crippen LogP contribution in [0.1, 0.15) is 43.8 Å². The van der Waals surface area contributed by atoms with Gasteiger partial charge in [-0.05, 0) is 79.4 Å². The molecule has 3 heteroatoms. The second-order valence-corrected chi connectivity index (χ2v) is 7.94. The van der Waals surface area contributed by atoms with Gasteiger partial charge in [0.25, 0.3) is 0 Å². The molecule has 1 N–H and O–H groups in total. The second kappa shape index (κ2) is 4.90. The summed E-state index contributed by atoms with van der Waals surface area (Å²) in [6.07, 6.45) is 6.39. The molecular weight excluding hydrogens is 291 g/mol. The maximum Gasteiger partial charge on any atom is 0.0824 e. The first-order valence-electron chi connectivity index (χ1n) is 7.75. The molecule has 4 fully saturated rings. The summed E-state index contributed by atoms with van der Waals surface area (Å²) in [4.78, 5) is 0. The molecule has 108 valence electrons. The lowest BCUT2D eigenvalue weighted by Gasteiger charge is -2.55. The molecule has 0 amide bonds.